The van der Waals surface area contributed by atoms with E-state index in [0.717, 1.165) is 16.8 Å². The van der Waals surface area contributed by atoms with Crippen LogP contribution in [-0.4, -0.2) is 38.0 Å². The number of aryl methyl sites for hydroxylation is 1. The van der Waals surface area contributed by atoms with Crippen LogP contribution in [0.2, 0.25) is 0 Å². The summed E-state index contributed by atoms with van der Waals surface area (Å²) in [7, 11) is -7.27. The highest BCUT2D eigenvalue weighted by Gasteiger charge is 2.19. The smallest absolute Gasteiger partial charge is 0.307 e. The van der Waals surface area contributed by atoms with Crippen molar-refractivity contribution in [3.63, 3.8) is 0 Å². The van der Waals surface area contributed by atoms with Gasteiger partial charge in [-0.2, -0.15) is 12.5 Å². The van der Waals surface area contributed by atoms with E-state index in [9.17, 15) is 16.8 Å². The first-order valence-corrected chi connectivity index (χ1v) is 8.77. The summed E-state index contributed by atoms with van der Waals surface area (Å²) in [4.78, 5) is 0. The zero-order valence-electron chi connectivity index (χ0n) is 10.5. The Kier molecular flexibility index (Phi) is 4.38. The molecule has 0 saturated carbocycles. The summed E-state index contributed by atoms with van der Waals surface area (Å²) in [6, 6.07) is 1.27. The van der Waals surface area contributed by atoms with Crippen molar-refractivity contribution in [1.82, 2.24) is 9.19 Å². The van der Waals surface area contributed by atoms with Crippen LogP contribution in [0.3, 0.4) is 0 Å². The summed E-state index contributed by atoms with van der Waals surface area (Å²) in [5, 5.41) is 3.65. The molecule has 1 heterocycles. The van der Waals surface area contributed by atoms with E-state index < -0.39 is 20.1 Å². The first-order valence-electron chi connectivity index (χ1n) is 5.35. The molecule has 0 saturated heterocycles. The Balaban J connectivity index is 3.05. The van der Waals surface area contributed by atoms with Crippen molar-refractivity contribution in [3.8, 4) is 5.88 Å². The summed E-state index contributed by atoms with van der Waals surface area (Å²) in [6.45, 7) is 3.40. The highest BCUT2D eigenvalue weighted by molar-refractivity contribution is 7.89. The summed E-state index contributed by atoms with van der Waals surface area (Å²) in [5.41, 5.74) is 0.310. The van der Waals surface area contributed by atoms with E-state index >= 15 is 0 Å². The average molecular weight is 296 g/mol. The van der Waals surface area contributed by atoms with Gasteiger partial charge in [0.2, 0.25) is 0 Å². The molecule has 9 heteroatoms. The van der Waals surface area contributed by atoms with Gasteiger partial charge in [0.15, 0.2) is 0 Å². The molecular formula is C9H16N2O5S2. The zero-order chi connectivity index (χ0) is 14.0. The lowest BCUT2D eigenvalue weighted by Gasteiger charge is -2.04. The zero-order valence-corrected chi connectivity index (χ0v) is 12.1. The van der Waals surface area contributed by atoms with Crippen LogP contribution in [0, 0.1) is 6.92 Å². The van der Waals surface area contributed by atoms with E-state index in [1.165, 1.54) is 13.0 Å². The van der Waals surface area contributed by atoms with Gasteiger partial charge in [0.25, 0.3) is 15.9 Å². The fourth-order valence-corrected chi connectivity index (χ4v) is 3.24. The van der Waals surface area contributed by atoms with Crippen molar-refractivity contribution >= 4 is 20.1 Å². The maximum Gasteiger partial charge on any atom is 0.307 e. The first kappa shape index (κ1) is 15.0. The molecule has 0 aromatic carbocycles. The third-order valence-corrected chi connectivity index (χ3v) is 4.25. The van der Waals surface area contributed by atoms with Crippen LogP contribution in [0.5, 0.6) is 5.88 Å². The minimum atomic E-state index is -3.71. The van der Waals surface area contributed by atoms with Crippen molar-refractivity contribution in [1.29, 1.82) is 0 Å². The minimum absolute atomic E-state index is 0.0374. The van der Waals surface area contributed by atoms with E-state index in [1.54, 1.807) is 0 Å². The summed E-state index contributed by atoms with van der Waals surface area (Å²) >= 11 is 0. The summed E-state index contributed by atoms with van der Waals surface area (Å²) in [6.07, 6.45) is 2.13. The number of aromatic nitrogens is 2. The van der Waals surface area contributed by atoms with Crippen LogP contribution in [0.25, 0.3) is 0 Å². The Labute approximate surface area is 107 Å². The molecule has 0 aliphatic rings. The number of hydrogen-bond donors (Lipinski definition) is 0. The topological polar surface area (TPSA) is 95.3 Å². The lowest BCUT2D eigenvalue weighted by Crippen LogP contribution is -2.19. The highest BCUT2D eigenvalue weighted by Crippen LogP contribution is 2.15. The van der Waals surface area contributed by atoms with Gasteiger partial charge in [0.05, 0.1) is 17.7 Å². The van der Waals surface area contributed by atoms with Gasteiger partial charge in [-0.05, 0) is 13.3 Å². The van der Waals surface area contributed by atoms with Crippen LogP contribution < -0.4 is 4.18 Å². The standard InChI is InChI=1S/C9H16N2O5S2/c1-4-5-6-18(14,15)11-8(2)7-9(10-11)16-17(3,12)13/h7H,4-6H2,1-3H3. The normalized spacial score (nSPS) is 12.6. The Morgan fingerprint density at radius 1 is 1.33 bits per heavy atom. The molecule has 0 fully saturated rings. The lowest BCUT2D eigenvalue weighted by atomic mass is 10.4. The fraction of sp³-hybridized carbons (Fsp3) is 0.667. The van der Waals surface area contributed by atoms with Crippen molar-refractivity contribution in [3.05, 3.63) is 11.8 Å². The monoisotopic (exact) mass is 296 g/mol. The maximum atomic E-state index is 11.9. The highest BCUT2D eigenvalue weighted by atomic mass is 32.2. The molecule has 1 rings (SSSR count). The van der Waals surface area contributed by atoms with Crippen molar-refractivity contribution < 1.29 is 21.0 Å². The summed E-state index contributed by atoms with van der Waals surface area (Å²) in [5.74, 6) is -0.278. The van der Waals surface area contributed by atoms with Gasteiger partial charge >= 0.3 is 10.1 Å². The SMILES string of the molecule is CCCCS(=O)(=O)n1nc(OS(C)(=O)=O)cc1C. The van der Waals surface area contributed by atoms with Gasteiger partial charge in [0.1, 0.15) is 0 Å². The second-order valence-electron chi connectivity index (χ2n) is 3.92. The van der Waals surface area contributed by atoms with Crippen molar-refractivity contribution in [2.45, 2.75) is 26.7 Å². The molecule has 0 amide bonds. The molecule has 0 bridgehead atoms. The molecular weight excluding hydrogens is 280 g/mol. The molecule has 0 N–H and O–H groups in total. The molecule has 1 aromatic heterocycles. The number of rotatable bonds is 6. The maximum absolute atomic E-state index is 11.9. The van der Waals surface area contributed by atoms with Crippen LogP contribution in [-0.2, 0) is 20.1 Å². The molecule has 0 spiro atoms. The molecule has 0 radical (unpaired) electrons. The second kappa shape index (κ2) is 5.27. The molecule has 0 unspecified atom stereocenters. The molecule has 0 atom stereocenters. The molecule has 0 aliphatic heterocycles. The average Bonchev–Trinajstić information content (AvgIpc) is 2.54. The largest absolute Gasteiger partial charge is 0.360 e. The predicted molar refractivity (Wildman–Crippen MR) is 66.5 cm³/mol. The third kappa shape index (κ3) is 3.98. The molecule has 7 nitrogen and oxygen atoms in total. The van der Waals surface area contributed by atoms with E-state index in [0.29, 0.717) is 12.1 Å². The van der Waals surface area contributed by atoms with Crippen LogP contribution in [0.15, 0.2) is 6.07 Å². The van der Waals surface area contributed by atoms with Gasteiger partial charge in [-0.25, -0.2) is 8.42 Å². The number of hydrogen-bond acceptors (Lipinski definition) is 6. The molecule has 18 heavy (non-hydrogen) atoms. The number of nitrogens with zero attached hydrogens (tertiary/aromatic N) is 2. The van der Waals surface area contributed by atoms with Gasteiger partial charge in [-0.1, -0.05) is 13.3 Å². The second-order valence-corrected chi connectivity index (χ2v) is 7.42. The Morgan fingerprint density at radius 2 is 1.94 bits per heavy atom. The van der Waals surface area contributed by atoms with Crippen LogP contribution >= 0.6 is 0 Å². The molecule has 0 aliphatic carbocycles. The van der Waals surface area contributed by atoms with E-state index in [2.05, 4.69) is 9.28 Å². The quantitative estimate of drug-likeness (QED) is 0.710. The van der Waals surface area contributed by atoms with Crippen LogP contribution in [0.4, 0.5) is 0 Å². The third-order valence-electron chi connectivity index (χ3n) is 2.08. The van der Waals surface area contributed by atoms with Gasteiger partial charge < -0.3 is 4.18 Å². The van der Waals surface area contributed by atoms with Crippen LogP contribution in [0.1, 0.15) is 25.5 Å². The fourth-order valence-electron chi connectivity index (χ4n) is 1.32. The van der Waals surface area contributed by atoms with Crippen molar-refractivity contribution in [2.24, 2.45) is 0 Å². The van der Waals surface area contributed by atoms with E-state index in [4.69, 9.17) is 0 Å². The lowest BCUT2D eigenvalue weighted by molar-refractivity contribution is 0.479. The van der Waals surface area contributed by atoms with Gasteiger partial charge in [0, 0.05) is 6.07 Å². The van der Waals surface area contributed by atoms with E-state index in [1.807, 2.05) is 6.92 Å². The first-order chi connectivity index (χ1) is 8.15. The van der Waals surface area contributed by atoms with E-state index in [-0.39, 0.29) is 11.6 Å². The Bertz CT molecular complexity index is 615. The predicted octanol–water partition coefficient (Wildman–Crippen LogP) is 0.508. The Hall–Kier alpha value is -1.09. The van der Waals surface area contributed by atoms with Gasteiger partial charge in [-0.3, -0.25) is 0 Å². The van der Waals surface area contributed by atoms with Gasteiger partial charge in [-0.15, -0.1) is 5.10 Å². The molecule has 1 aromatic rings. The van der Waals surface area contributed by atoms with Crippen molar-refractivity contribution in [2.75, 3.05) is 12.0 Å². The minimum Gasteiger partial charge on any atom is -0.360 e. The number of unbranched alkanes of at least 4 members (excludes halogenated alkanes) is 1. The molecule has 104 valence electrons. The summed E-state index contributed by atoms with van der Waals surface area (Å²) < 4.78 is 51.0. The Morgan fingerprint density at radius 3 is 2.44 bits per heavy atom.